The van der Waals surface area contributed by atoms with Crippen molar-refractivity contribution in [3.63, 3.8) is 0 Å². The second-order valence-electron chi connectivity index (χ2n) is 3.99. The molecule has 0 heterocycles. The van der Waals surface area contributed by atoms with Gasteiger partial charge in [-0.2, -0.15) is 0 Å². The van der Waals surface area contributed by atoms with Crippen molar-refractivity contribution in [2.24, 2.45) is 5.16 Å². The molecule has 0 aromatic heterocycles. The molecule has 0 saturated carbocycles. The summed E-state index contributed by atoms with van der Waals surface area (Å²) in [6, 6.07) is 3.17. The summed E-state index contributed by atoms with van der Waals surface area (Å²) in [7, 11) is 0. The largest absolute Gasteiger partial charge is 0.507 e. The second-order valence-corrected chi connectivity index (χ2v) is 3.99. The van der Waals surface area contributed by atoms with Crippen LogP contribution in [0.1, 0.15) is 44.2 Å². The Balaban J connectivity index is 3.33. The summed E-state index contributed by atoms with van der Waals surface area (Å²) in [5.41, 5.74) is 1.31. The second kappa shape index (κ2) is 4.88. The molecule has 1 aromatic carbocycles. The Morgan fingerprint density at radius 2 is 1.75 bits per heavy atom. The van der Waals surface area contributed by atoms with Gasteiger partial charge in [-0.05, 0) is 30.0 Å². The van der Waals surface area contributed by atoms with Gasteiger partial charge in [-0.15, -0.1) is 0 Å². The van der Waals surface area contributed by atoms with E-state index in [2.05, 4.69) is 5.16 Å². The van der Waals surface area contributed by atoms with Crippen molar-refractivity contribution in [1.82, 2.24) is 0 Å². The van der Waals surface area contributed by atoms with Crippen molar-refractivity contribution in [3.05, 3.63) is 23.3 Å². The van der Waals surface area contributed by atoms with Crippen LogP contribution in [0.4, 0.5) is 0 Å². The zero-order chi connectivity index (χ0) is 12.3. The Morgan fingerprint density at radius 3 is 2.06 bits per heavy atom. The molecule has 0 atom stereocenters. The first-order valence-corrected chi connectivity index (χ1v) is 5.28. The number of hydrogen-bond donors (Lipinski definition) is 3. The van der Waals surface area contributed by atoms with E-state index >= 15 is 0 Å². The Morgan fingerprint density at radius 1 is 1.25 bits per heavy atom. The summed E-state index contributed by atoms with van der Waals surface area (Å²) in [6.07, 6.45) is 0.429. The molecule has 1 rings (SSSR count). The van der Waals surface area contributed by atoms with Crippen LogP contribution in [0.2, 0.25) is 0 Å². The summed E-state index contributed by atoms with van der Waals surface area (Å²) in [5.74, 6) is 0.0960. The quantitative estimate of drug-likeness (QED) is 0.419. The maximum Gasteiger partial charge on any atom is 0.128 e. The first-order chi connectivity index (χ1) is 7.51. The molecule has 16 heavy (non-hydrogen) atoms. The van der Waals surface area contributed by atoms with E-state index in [1.807, 2.05) is 13.8 Å². The average molecular weight is 223 g/mol. The molecule has 3 N–H and O–H groups in total. The van der Waals surface area contributed by atoms with Crippen LogP contribution < -0.4 is 0 Å². The van der Waals surface area contributed by atoms with E-state index in [0.29, 0.717) is 6.42 Å². The smallest absolute Gasteiger partial charge is 0.128 e. The molecule has 0 aliphatic carbocycles. The van der Waals surface area contributed by atoms with Crippen LogP contribution in [0.5, 0.6) is 11.5 Å². The van der Waals surface area contributed by atoms with E-state index in [4.69, 9.17) is 5.21 Å². The lowest BCUT2D eigenvalue weighted by Crippen LogP contribution is -2.01. The third-order valence-electron chi connectivity index (χ3n) is 2.53. The van der Waals surface area contributed by atoms with Gasteiger partial charge in [0.1, 0.15) is 11.5 Å². The van der Waals surface area contributed by atoms with E-state index in [1.165, 1.54) is 0 Å². The highest BCUT2D eigenvalue weighted by atomic mass is 16.4. The van der Waals surface area contributed by atoms with Gasteiger partial charge in [0.25, 0.3) is 0 Å². The molecule has 0 aliphatic rings. The maximum absolute atomic E-state index is 9.80. The lowest BCUT2D eigenvalue weighted by Gasteiger charge is -2.12. The molecule has 0 bridgehead atoms. The fraction of sp³-hybridized carbons (Fsp3) is 0.417. The van der Waals surface area contributed by atoms with Crippen molar-refractivity contribution in [2.75, 3.05) is 0 Å². The molecular formula is C12H17NO3. The number of benzene rings is 1. The number of rotatable bonds is 3. The van der Waals surface area contributed by atoms with E-state index < -0.39 is 0 Å². The minimum atomic E-state index is -0.0571. The molecule has 1 aromatic rings. The van der Waals surface area contributed by atoms with Crippen LogP contribution in [0.15, 0.2) is 17.3 Å². The van der Waals surface area contributed by atoms with E-state index in [1.54, 1.807) is 19.1 Å². The molecule has 0 saturated heterocycles. The molecule has 4 nitrogen and oxygen atoms in total. The average Bonchev–Trinajstić information content (AvgIpc) is 2.22. The van der Waals surface area contributed by atoms with Crippen molar-refractivity contribution >= 4 is 5.71 Å². The molecule has 88 valence electrons. The normalized spacial score (nSPS) is 12.1. The van der Waals surface area contributed by atoms with E-state index in [0.717, 1.165) is 5.56 Å². The summed E-state index contributed by atoms with van der Waals surface area (Å²) < 4.78 is 0. The Kier molecular flexibility index (Phi) is 3.77. The summed E-state index contributed by atoms with van der Waals surface area (Å²) in [5, 5.41) is 31.4. The fourth-order valence-electron chi connectivity index (χ4n) is 1.56. The van der Waals surface area contributed by atoms with Crippen LogP contribution in [0.3, 0.4) is 0 Å². The third kappa shape index (κ3) is 2.27. The molecule has 0 fully saturated rings. The van der Waals surface area contributed by atoms with Crippen LogP contribution in [0, 0.1) is 0 Å². The first kappa shape index (κ1) is 12.4. The summed E-state index contributed by atoms with van der Waals surface area (Å²) >= 11 is 0. The van der Waals surface area contributed by atoms with Crippen LogP contribution >= 0.6 is 0 Å². The summed E-state index contributed by atoms with van der Waals surface area (Å²) in [6.45, 7) is 5.72. The number of oxime groups is 1. The highest BCUT2D eigenvalue weighted by Gasteiger charge is 2.16. The highest BCUT2D eigenvalue weighted by molar-refractivity contribution is 6.04. The Bertz CT molecular complexity index is 388. The van der Waals surface area contributed by atoms with E-state index in [9.17, 15) is 10.2 Å². The molecule has 0 unspecified atom stereocenters. The number of nitrogens with zero attached hydrogens (tertiary/aromatic N) is 1. The molecule has 4 heteroatoms. The van der Waals surface area contributed by atoms with Crippen LogP contribution in [0.25, 0.3) is 0 Å². The first-order valence-electron chi connectivity index (χ1n) is 5.28. The van der Waals surface area contributed by atoms with Crippen LogP contribution in [-0.2, 0) is 0 Å². The summed E-state index contributed by atoms with van der Waals surface area (Å²) in [4.78, 5) is 0. The minimum Gasteiger partial charge on any atom is -0.507 e. The maximum atomic E-state index is 9.80. The standard InChI is InChI=1S/C12H17NO3/c1-4-9(13-16)12-10(14)5-8(7(2)3)6-11(12)15/h5-7,14-16H,4H2,1-3H3/b13-9+. The van der Waals surface area contributed by atoms with Gasteiger partial charge in [0.2, 0.25) is 0 Å². The van der Waals surface area contributed by atoms with Gasteiger partial charge in [0.15, 0.2) is 0 Å². The van der Waals surface area contributed by atoms with Crippen molar-refractivity contribution < 1.29 is 15.4 Å². The van der Waals surface area contributed by atoms with Gasteiger partial charge in [0.05, 0.1) is 11.3 Å². The molecular weight excluding hydrogens is 206 g/mol. The van der Waals surface area contributed by atoms with Crippen molar-refractivity contribution in [2.45, 2.75) is 33.1 Å². The lowest BCUT2D eigenvalue weighted by molar-refractivity contribution is 0.317. The van der Waals surface area contributed by atoms with Gasteiger partial charge < -0.3 is 15.4 Å². The zero-order valence-corrected chi connectivity index (χ0v) is 9.73. The molecule has 0 radical (unpaired) electrons. The number of phenolic OH excluding ortho intramolecular Hbond substituents is 2. The molecule has 0 amide bonds. The molecule has 0 aliphatic heterocycles. The third-order valence-corrected chi connectivity index (χ3v) is 2.53. The topological polar surface area (TPSA) is 73.1 Å². The minimum absolute atomic E-state index is 0.0571. The Labute approximate surface area is 94.9 Å². The predicted octanol–water partition coefficient (Wildman–Crippen LogP) is 2.81. The SMILES string of the molecule is CC/C(=N\O)c1c(O)cc(C(C)C)cc1O. The van der Waals surface area contributed by atoms with Gasteiger partial charge in [0, 0.05) is 0 Å². The fourth-order valence-corrected chi connectivity index (χ4v) is 1.56. The van der Waals surface area contributed by atoms with Gasteiger partial charge >= 0.3 is 0 Å². The highest BCUT2D eigenvalue weighted by Crippen LogP contribution is 2.32. The van der Waals surface area contributed by atoms with E-state index in [-0.39, 0.29) is 28.7 Å². The van der Waals surface area contributed by atoms with Gasteiger partial charge in [-0.3, -0.25) is 0 Å². The van der Waals surface area contributed by atoms with Crippen molar-refractivity contribution in [3.8, 4) is 11.5 Å². The van der Waals surface area contributed by atoms with Gasteiger partial charge in [-0.1, -0.05) is 25.9 Å². The monoisotopic (exact) mass is 223 g/mol. The number of aromatic hydroxyl groups is 2. The predicted molar refractivity (Wildman–Crippen MR) is 62.5 cm³/mol. The van der Waals surface area contributed by atoms with Crippen LogP contribution in [-0.4, -0.2) is 21.1 Å². The van der Waals surface area contributed by atoms with Crippen molar-refractivity contribution in [1.29, 1.82) is 0 Å². The lowest BCUT2D eigenvalue weighted by atomic mass is 9.97. The molecule has 0 spiro atoms. The van der Waals surface area contributed by atoms with Gasteiger partial charge in [-0.25, -0.2) is 0 Å². The Hall–Kier alpha value is -1.71. The number of hydrogen-bond acceptors (Lipinski definition) is 4. The zero-order valence-electron chi connectivity index (χ0n) is 9.73. The number of phenols is 2.